The van der Waals surface area contributed by atoms with Crippen molar-refractivity contribution in [3.63, 3.8) is 0 Å². The molecular formula is C13H16N2O3S. The highest BCUT2D eigenvalue weighted by Crippen LogP contribution is 2.15. The van der Waals surface area contributed by atoms with Gasteiger partial charge >= 0.3 is 0 Å². The highest BCUT2D eigenvalue weighted by molar-refractivity contribution is 7.89. The lowest BCUT2D eigenvalue weighted by atomic mass is 10.3. The van der Waals surface area contributed by atoms with Crippen molar-refractivity contribution in [1.29, 1.82) is 0 Å². The van der Waals surface area contributed by atoms with Crippen molar-refractivity contribution in [2.45, 2.75) is 24.8 Å². The molecule has 1 aromatic carbocycles. The summed E-state index contributed by atoms with van der Waals surface area (Å²) in [6.45, 7) is 2.58. The first-order chi connectivity index (χ1) is 8.99. The molecule has 3 N–H and O–H groups in total. The zero-order chi connectivity index (χ0) is 13.9. The number of nitrogens with one attached hydrogen (secondary N) is 1. The van der Waals surface area contributed by atoms with Crippen molar-refractivity contribution >= 4 is 15.7 Å². The standard InChI is InChI=1S/C13H16N2O3S/c1-2-11-5-6-12(18-11)9-15-10-3-7-13(8-4-10)19(14,16)17/h3-8,15H,2,9H2,1H3,(H2,14,16,17). The van der Waals surface area contributed by atoms with Gasteiger partial charge in [-0.3, -0.25) is 0 Å². The third-order valence-corrected chi connectivity index (χ3v) is 3.64. The second-order valence-corrected chi connectivity index (χ2v) is 5.71. The maximum atomic E-state index is 11.1. The average Bonchev–Trinajstić information content (AvgIpc) is 2.84. The van der Waals surface area contributed by atoms with E-state index >= 15 is 0 Å². The van der Waals surface area contributed by atoms with Crippen LogP contribution in [0.25, 0.3) is 0 Å². The molecule has 0 unspecified atom stereocenters. The molecule has 0 spiro atoms. The van der Waals surface area contributed by atoms with Crippen molar-refractivity contribution in [3.8, 4) is 0 Å². The smallest absolute Gasteiger partial charge is 0.238 e. The summed E-state index contributed by atoms with van der Waals surface area (Å²) in [5.41, 5.74) is 0.807. The van der Waals surface area contributed by atoms with E-state index < -0.39 is 10.0 Å². The maximum absolute atomic E-state index is 11.1. The largest absolute Gasteiger partial charge is 0.464 e. The van der Waals surface area contributed by atoms with E-state index in [1.54, 1.807) is 12.1 Å². The summed E-state index contributed by atoms with van der Waals surface area (Å²) in [5, 5.41) is 8.17. The normalized spacial score (nSPS) is 11.5. The maximum Gasteiger partial charge on any atom is 0.238 e. The predicted octanol–water partition coefficient (Wildman–Crippen LogP) is 2.10. The van der Waals surface area contributed by atoms with Gasteiger partial charge in [0.25, 0.3) is 0 Å². The minimum Gasteiger partial charge on any atom is -0.464 e. The Labute approximate surface area is 112 Å². The lowest BCUT2D eigenvalue weighted by Gasteiger charge is -2.05. The van der Waals surface area contributed by atoms with E-state index in [9.17, 15) is 8.42 Å². The second kappa shape index (κ2) is 5.46. The van der Waals surface area contributed by atoms with Gasteiger partial charge in [-0.15, -0.1) is 0 Å². The topological polar surface area (TPSA) is 85.3 Å². The zero-order valence-electron chi connectivity index (χ0n) is 10.6. The fourth-order valence-corrected chi connectivity index (χ4v) is 2.17. The Morgan fingerprint density at radius 3 is 2.26 bits per heavy atom. The third-order valence-electron chi connectivity index (χ3n) is 2.72. The van der Waals surface area contributed by atoms with Crippen LogP contribution in [-0.4, -0.2) is 8.42 Å². The van der Waals surface area contributed by atoms with E-state index in [1.807, 2.05) is 19.1 Å². The second-order valence-electron chi connectivity index (χ2n) is 4.14. The number of anilines is 1. The van der Waals surface area contributed by atoms with Crippen LogP contribution in [0.15, 0.2) is 45.7 Å². The Bertz CT molecular complexity index is 645. The lowest BCUT2D eigenvalue weighted by molar-refractivity contribution is 0.476. The Morgan fingerprint density at radius 1 is 1.11 bits per heavy atom. The Hall–Kier alpha value is -1.79. The van der Waals surface area contributed by atoms with Gasteiger partial charge in [-0.05, 0) is 36.4 Å². The monoisotopic (exact) mass is 280 g/mol. The number of nitrogens with two attached hydrogens (primary N) is 1. The van der Waals surface area contributed by atoms with Crippen molar-refractivity contribution in [2.75, 3.05) is 5.32 Å². The van der Waals surface area contributed by atoms with Crippen molar-refractivity contribution < 1.29 is 12.8 Å². The van der Waals surface area contributed by atoms with E-state index in [0.29, 0.717) is 6.54 Å². The van der Waals surface area contributed by atoms with Crippen LogP contribution in [-0.2, 0) is 23.0 Å². The van der Waals surface area contributed by atoms with Gasteiger partial charge in [0.2, 0.25) is 10.0 Å². The highest BCUT2D eigenvalue weighted by Gasteiger charge is 2.06. The molecule has 0 saturated heterocycles. The van der Waals surface area contributed by atoms with Crippen molar-refractivity contribution in [1.82, 2.24) is 0 Å². The fourth-order valence-electron chi connectivity index (χ4n) is 1.66. The van der Waals surface area contributed by atoms with E-state index in [4.69, 9.17) is 9.56 Å². The number of aryl methyl sites for hydroxylation is 1. The number of primary sulfonamides is 1. The van der Waals surface area contributed by atoms with Crippen molar-refractivity contribution in [3.05, 3.63) is 47.9 Å². The van der Waals surface area contributed by atoms with Crippen LogP contribution in [0.4, 0.5) is 5.69 Å². The van der Waals surface area contributed by atoms with Gasteiger partial charge in [0, 0.05) is 12.1 Å². The molecule has 102 valence electrons. The predicted molar refractivity (Wildman–Crippen MR) is 73.2 cm³/mol. The summed E-state index contributed by atoms with van der Waals surface area (Å²) in [7, 11) is -3.63. The van der Waals surface area contributed by atoms with E-state index in [2.05, 4.69) is 5.32 Å². The van der Waals surface area contributed by atoms with Gasteiger partial charge in [-0.1, -0.05) is 6.92 Å². The Morgan fingerprint density at radius 2 is 1.74 bits per heavy atom. The number of rotatable bonds is 5. The van der Waals surface area contributed by atoms with Gasteiger partial charge in [-0.2, -0.15) is 0 Å². The molecule has 5 nitrogen and oxygen atoms in total. The van der Waals surface area contributed by atoms with Crippen LogP contribution in [0.2, 0.25) is 0 Å². The molecule has 0 aliphatic carbocycles. The van der Waals surface area contributed by atoms with Gasteiger partial charge in [0.1, 0.15) is 11.5 Å². The zero-order valence-corrected chi connectivity index (χ0v) is 11.4. The molecule has 19 heavy (non-hydrogen) atoms. The molecular weight excluding hydrogens is 264 g/mol. The fraction of sp³-hybridized carbons (Fsp3) is 0.231. The average molecular weight is 280 g/mol. The number of hydrogen-bond acceptors (Lipinski definition) is 4. The molecule has 0 atom stereocenters. The van der Waals surface area contributed by atoms with Crippen LogP contribution in [0.5, 0.6) is 0 Å². The van der Waals surface area contributed by atoms with Crippen LogP contribution >= 0.6 is 0 Å². The van der Waals surface area contributed by atoms with Gasteiger partial charge in [-0.25, -0.2) is 13.6 Å². The molecule has 1 aromatic heterocycles. The molecule has 0 bridgehead atoms. The summed E-state index contributed by atoms with van der Waals surface area (Å²) in [6, 6.07) is 10.1. The molecule has 0 fully saturated rings. The highest BCUT2D eigenvalue weighted by atomic mass is 32.2. The molecule has 0 aliphatic heterocycles. The number of sulfonamides is 1. The van der Waals surface area contributed by atoms with Gasteiger partial charge < -0.3 is 9.73 Å². The molecule has 2 rings (SSSR count). The molecule has 0 radical (unpaired) electrons. The third kappa shape index (κ3) is 3.59. The van der Waals surface area contributed by atoms with Crippen LogP contribution < -0.4 is 10.5 Å². The summed E-state index contributed by atoms with van der Waals surface area (Å²) in [5.74, 6) is 1.79. The quantitative estimate of drug-likeness (QED) is 0.878. The molecule has 0 saturated carbocycles. The van der Waals surface area contributed by atoms with Crippen LogP contribution in [0.3, 0.4) is 0 Å². The summed E-state index contributed by atoms with van der Waals surface area (Å²) < 4.78 is 27.8. The lowest BCUT2D eigenvalue weighted by Crippen LogP contribution is -2.11. The minimum absolute atomic E-state index is 0.101. The first-order valence-corrected chi connectivity index (χ1v) is 7.48. The van der Waals surface area contributed by atoms with Gasteiger partial charge in [0.15, 0.2) is 0 Å². The SMILES string of the molecule is CCc1ccc(CNc2ccc(S(N)(=O)=O)cc2)o1. The molecule has 1 heterocycles. The minimum atomic E-state index is -3.63. The first-order valence-electron chi connectivity index (χ1n) is 5.93. The number of furan rings is 1. The number of hydrogen-bond donors (Lipinski definition) is 2. The number of benzene rings is 1. The van der Waals surface area contributed by atoms with Crippen molar-refractivity contribution in [2.24, 2.45) is 5.14 Å². The molecule has 2 aromatic rings. The van der Waals surface area contributed by atoms with Crippen LogP contribution in [0, 0.1) is 0 Å². The Balaban J connectivity index is 2.00. The summed E-state index contributed by atoms with van der Waals surface area (Å²) >= 11 is 0. The van der Waals surface area contributed by atoms with E-state index in [-0.39, 0.29) is 4.90 Å². The van der Waals surface area contributed by atoms with E-state index in [1.165, 1.54) is 12.1 Å². The molecule has 0 amide bonds. The first kappa shape index (κ1) is 13.6. The summed E-state index contributed by atoms with van der Waals surface area (Å²) in [6.07, 6.45) is 0.864. The molecule has 6 heteroatoms. The van der Waals surface area contributed by atoms with Gasteiger partial charge in [0.05, 0.1) is 11.4 Å². The molecule has 0 aliphatic rings. The Kier molecular flexibility index (Phi) is 3.92. The van der Waals surface area contributed by atoms with Crippen LogP contribution in [0.1, 0.15) is 18.4 Å². The van der Waals surface area contributed by atoms with E-state index in [0.717, 1.165) is 23.6 Å². The summed E-state index contributed by atoms with van der Waals surface area (Å²) in [4.78, 5) is 0.101.